The minimum Gasteiger partial charge on any atom is -0.465 e. The van der Waals surface area contributed by atoms with E-state index in [9.17, 15) is 58.1 Å². The van der Waals surface area contributed by atoms with Crippen LogP contribution < -0.4 is 20.1 Å². The molecule has 2 unspecified atom stereocenters. The molecule has 0 aliphatic rings. The number of carbonyl (C=O) groups is 3. The number of ether oxygens (including phenoxy) is 3. The maximum absolute atomic E-state index is 14.9. The molecule has 59 heavy (non-hydrogen) atoms. The van der Waals surface area contributed by atoms with Crippen molar-refractivity contribution in [2.24, 2.45) is 0 Å². The maximum Gasteiger partial charge on any atom is 0.461 e. The zero-order valence-electron chi connectivity index (χ0n) is 32.5. The highest BCUT2D eigenvalue weighted by Crippen LogP contribution is 2.37. The number of hydrogen-bond acceptors (Lipinski definition) is 8. The zero-order chi connectivity index (χ0) is 45.1. The third kappa shape index (κ3) is 13.7. The molecule has 0 bridgehead atoms. The molecule has 328 valence electrons. The van der Waals surface area contributed by atoms with Crippen LogP contribution in [0.3, 0.4) is 0 Å². The van der Waals surface area contributed by atoms with E-state index in [0.717, 1.165) is 39.3 Å². The van der Waals surface area contributed by atoms with Gasteiger partial charge < -0.3 is 24.8 Å². The molecule has 3 rings (SSSR count). The molecule has 0 spiro atoms. The van der Waals surface area contributed by atoms with Gasteiger partial charge in [-0.05, 0) is 76.9 Å². The largest absolute Gasteiger partial charge is 0.465 e. The van der Waals surface area contributed by atoms with Crippen molar-refractivity contribution < 1.29 is 72.3 Å². The lowest BCUT2D eigenvalue weighted by atomic mass is 9.80. The Morgan fingerprint density at radius 1 is 0.881 bits per heavy atom. The van der Waals surface area contributed by atoms with Crippen LogP contribution in [0.25, 0.3) is 0 Å². The van der Waals surface area contributed by atoms with Crippen molar-refractivity contribution in [3.05, 3.63) is 94.5 Å². The summed E-state index contributed by atoms with van der Waals surface area (Å²) in [4.78, 5) is 40.0. The number of nitrogens with one attached hydrogen (secondary N) is 3. The Balaban J connectivity index is 0.000000594. The summed E-state index contributed by atoms with van der Waals surface area (Å²) in [7, 11) is -0.949. The van der Waals surface area contributed by atoms with Crippen LogP contribution in [-0.4, -0.2) is 82.1 Å². The van der Waals surface area contributed by atoms with Crippen molar-refractivity contribution in [3.8, 4) is 5.75 Å². The summed E-state index contributed by atoms with van der Waals surface area (Å²) in [5.41, 5.74) is -2.03. The second-order valence-electron chi connectivity index (χ2n) is 13.6. The highest BCUT2D eigenvalue weighted by atomic mass is 35.5. The minimum atomic E-state index is -5.01. The lowest BCUT2D eigenvalue weighted by molar-refractivity contribution is -0.253. The van der Waals surface area contributed by atoms with Gasteiger partial charge in [-0.25, -0.2) is 27.7 Å². The summed E-state index contributed by atoms with van der Waals surface area (Å²) in [6.07, 6.45) is -8.43. The van der Waals surface area contributed by atoms with Crippen LogP contribution in [-0.2, 0) is 42.0 Å². The Morgan fingerprint density at radius 3 is 1.98 bits per heavy atom. The first-order valence-electron chi connectivity index (χ1n) is 17.2. The van der Waals surface area contributed by atoms with E-state index in [0.29, 0.717) is 11.6 Å². The van der Waals surface area contributed by atoms with Crippen molar-refractivity contribution in [3.63, 3.8) is 0 Å². The summed E-state index contributed by atoms with van der Waals surface area (Å²) in [5, 5.41) is 4.47. The number of esters is 2. The molecule has 22 heteroatoms. The summed E-state index contributed by atoms with van der Waals surface area (Å²) in [5.74, 6) is -13.7. The number of amides is 2. The third-order valence-electron chi connectivity index (χ3n) is 7.96. The number of halogens is 10. The average Bonchev–Trinajstić information content (AvgIpc) is 3.14. The van der Waals surface area contributed by atoms with Crippen LogP contribution in [0.15, 0.2) is 66.9 Å². The van der Waals surface area contributed by atoms with Crippen LogP contribution in [0.5, 0.6) is 5.75 Å². The normalized spacial score (nSPS) is 14.7. The van der Waals surface area contributed by atoms with Crippen molar-refractivity contribution >= 4 is 40.6 Å². The molecule has 4 atom stereocenters. The Hall–Kier alpha value is -4.63. The van der Waals surface area contributed by atoms with E-state index >= 15 is 0 Å². The van der Waals surface area contributed by atoms with Gasteiger partial charge >= 0.3 is 42.3 Å². The number of methoxy groups -OCH3 is 1. The van der Waals surface area contributed by atoms with Gasteiger partial charge in [0, 0.05) is 18.7 Å². The number of urea groups is 1. The van der Waals surface area contributed by atoms with Gasteiger partial charge in [0.2, 0.25) is 0 Å². The van der Waals surface area contributed by atoms with Gasteiger partial charge in [0.05, 0.1) is 46.2 Å². The molecule has 0 saturated carbocycles. The predicted molar refractivity (Wildman–Crippen MR) is 198 cm³/mol. The molecular formula is C37H42ClF9N4O7S. The summed E-state index contributed by atoms with van der Waals surface area (Å²) in [6.45, 7) is 8.17. The molecule has 0 aliphatic carbocycles. The zero-order valence-corrected chi connectivity index (χ0v) is 34.1. The first-order valence-corrected chi connectivity index (χ1v) is 18.8. The fourth-order valence-corrected chi connectivity index (χ4v) is 5.70. The summed E-state index contributed by atoms with van der Waals surface area (Å²) in [6, 6.07) is 7.62. The number of rotatable bonds is 16. The first-order chi connectivity index (χ1) is 27.1. The number of nitrogens with zero attached hydrogens (tertiary/aromatic N) is 1. The van der Waals surface area contributed by atoms with Gasteiger partial charge in [0.1, 0.15) is 23.1 Å². The Morgan fingerprint density at radius 2 is 1.47 bits per heavy atom. The van der Waals surface area contributed by atoms with Crippen LogP contribution in [0, 0.1) is 5.82 Å². The van der Waals surface area contributed by atoms with E-state index in [1.54, 1.807) is 51.1 Å². The molecule has 1 aromatic heterocycles. The Kier molecular flexibility index (Phi) is 17.6. The number of benzene rings is 2. The van der Waals surface area contributed by atoms with Crippen LogP contribution >= 0.6 is 11.6 Å². The number of carbonyl (C=O) groups excluding carboxylic acids is 3. The number of alkyl halides is 8. The SMILES string of the molecule is CCOC(=O)C(F)(F)C(C)N[S@](=O)C(C)(C)C.COC(=O)C(F)(F)C(C)NC(=O)N[C@@](Cc1ccccc1)(c1cc(F)cc(OC(F)(F)C(F)F)c1)c1ccc(Cl)cn1. The van der Waals surface area contributed by atoms with Crippen molar-refractivity contribution in [2.75, 3.05) is 13.7 Å². The molecule has 0 aliphatic heterocycles. The van der Waals surface area contributed by atoms with E-state index in [1.165, 1.54) is 19.1 Å². The smallest absolute Gasteiger partial charge is 0.461 e. The third-order valence-corrected chi connectivity index (χ3v) is 9.86. The van der Waals surface area contributed by atoms with E-state index in [-0.39, 0.29) is 29.3 Å². The molecule has 2 aromatic carbocycles. The molecular weight excluding hydrogens is 851 g/mol. The fraction of sp³-hybridized carbons (Fsp3) is 0.459. The molecule has 0 saturated heterocycles. The predicted octanol–water partition coefficient (Wildman–Crippen LogP) is 7.72. The molecule has 11 nitrogen and oxygen atoms in total. The van der Waals surface area contributed by atoms with E-state index in [2.05, 4.69) is 29.2 Å². The van der Waals surface area contributed by atoms with Crippen molar-refractivity contribution in [1.82, 2.24) is 20.3 Å². The maximum atomic E-state index is 14.9. The molecule has 3 aromatic rings. The van der Waals surface area contributed by atoms with E-state index in [4.69, 9.17) is 11.6 Å². The second-order valence-corrected chi connectivity index (χ2v) is 16.0. The lowest BCUT2D eigenvalue weighted by Gasteiger charge is -2.36. The average molecular weight is 893 g/mol. The molecule has 1 heterocycles. The van der Waals surface area contributed by atoms with Gasteiger partial charge in [-0.3, -0.25) is 4.98 Å². The van der Waals surface area contributed by atoms with Gasteiger partial charge in [-0.15, -0.1) is 0 Å². The summed E-state index contributed by atoms with van der Waals surface area (Å²) < 4.78 is 149. The Bertz CT molecular complexity index is 1910. The van der Waals surface area contributed by atoms with Gasteiger partial charge in [-0.2, -0.15) is 35.1 Å². The van der Waals surface area contributed by atoms with Gasteiger partial charge in [-0.1, -0.05) is 41.9 Å². The molecule has 0 radical (unpaired) electrons. The van der Waals surface area contributed by atoms with Crippen molar-refractivity contribution in [2.45, 2.75) is 94.7 Å². The topological polar surface area (TPSA) is 145 Å². The standard InChI is InChI=1S/C27H23ClF7N3O4.C10H19F2NO3S/c1-15(26(32,33)23(39)41-2)37-24(40)38-25(13-16-6-4-3-5-7-16,21-9-8-18(28)14-36-21)17-10-19(29)12-20(11-17)42-27(34,35)22(30)31;1-6-16-8(14)10(11,12)7(2)13-17(15)9(3,4)5/h3-12,14-15,22H,13H2,1-2H3,(H2,37,38,40);7,13H,6H2,1-5H3/t15?,25-;7?,17-/m01/s1. The number of aromatic nitrogens is 1. The second kappa shape index (κ2) is 20.6. The quantitative estimate of drug-likeness (QED) is 0.0980. The molecule has 2 amide bonds. The lowest BCUT2D eigenvalue weighted by Crippen LogP contribution is -2.58. The first kappa shape index (κ1) is 50.5. The van der Waals surface area contributed by atoms with Crippen LogP contribution in [0.1, 0.15) is 58.4 Å². The van der Waals surface area contributed by atoms with E-state index in [1.807, 2.05) is 5.32 Å². The minimum absolute atomic E-state index is 0.0875. The summed E-state index contributed by atoms with van der Waals surface area (Å²) >= 11 is 5.97. The number of pyridine rings is 1. The van der Waals surface area contributed by atoms with Crippen LogP contribution in [0.4, 0.5) is 44.3 Å². The van der Waals surface area contributed by atoms with Crippen LogP contribution in [0.2, 0.25) is 5.02 Å². The Labute approximate surface area is 341 Å². The monoisotopic (exact) mass is 892 g/mol. The van der Waals surface area contributed by atoms with E-state index < -0.39 is 87.3 Å². The number of hydrogen-bond donors (Lipinski definition) is 3. The van der Waals surface area contributed by atoms with Gasteiger partial charge in [0.15, 0.2) is 0 Å². The van der Waals surface area contributed by atoms with Gasteiger partial charge in [0.25, 0.3) is 0 Å². The van der Waals surface area contributed by atoms with Crippen molar-refractivity contribution in [1.29, 1.82) is 0 Å². The highest BCUT2D eigenvalue weighted by Gasteiger charge is 2.49. The molecule has 0 fully saturated rings. The molecule has 3 N–H and O–H groups in total. The fourth-order valence-electron chi connectivity index (χ4n) is 4.77. The highest BCUT2D eigenvalue weighted by molar-refractivity contribution is 7.84.